The maximum absolute atomic E-state index is 13.0. The van der Waals surface area contributed by atoms with E-state index in [0.717, 1.165) is 0 Å². The van der Waals surface area contributed by atoms with E-state index in [2.05, 4.69) is 10.6 Å². The summed E-state index contributed by atoms with van der Waals surface area (Å²) in [5, 5.41) is 15.2. The number of carbonyl (C=O) groups excluding carboxylic acids is 2. The monoisotopic (exact) mass is 513 g/mol. The number of halogens is 3. The topological polar surface area (TPSA) is 100 Å². The van der Waals surface area contributed by atoms with Crippen LogP contribution in [-0.4, -0.2) is 25.5 Å². The van der Waals surface area contributed by atoms with E-state index < -0.39 is 17.6 Å². The zero-order valence-electron chi connectivity index (χ0n) is 18.3. The van der Waals surface area contributed by atoms with Gasteiger partial charge in [0.15, 0.2) is 18.1 Å². The Labute approximate surface area is 210 Å². The molecular weight excluding hydrogens is 496 g/mol. The summed E-state index contributed by atoms with van der Waals surface area (Å²) in [6.45, 7) is -0.310. The summed E-state index contributed by atoms with van der Waals surface area (Å²) in [6.07, 6.45) is 1.36. The Morgan fingerprint density at radius 2 is 1.69 bits per heavy atom. The number of anilines is 2. The minimum Gasteiger partial charge on any atom is -0.493 e. The van der Waals surface area contributed by atoms with Crippen molar-refractivity contribution in [3.05, 3.63) is 87.7 Å². The highest BCUT2D eigenvalue weighted by atomic mass is 35.5. The second-order valence-electron chi connectivity index (χ2n) is 7.01. The molecule has 0 saturated carbocycles. The maximum Gasteiger partial charge on any atom is 0.266 e. The number of ether oxygens (including phenoxy) is 2. The first-order chi connectivity index (χ1) is 16.8. The van der Waals surface area contributed by atoms with Crippen LogP contribution in [0.25, 0.3) is 6.08 Å². The fourth-order valence-corrected chi connectivity index (χ4v) is 3.15. The van der Waals surface area contributed by atoms with Crippen molar-refractivity contribution < 1.29 is 23.5 Å². The van der Waals surface area contributed by atoms with Crippen LogP contribution in [0.3, 0.4) is 0 Å². The lowest BCUT2D eigenvalue weighted by molar-refractivity contribution is -0.118. The summed E-state index contributed by atoms with van der Waals surface area (Å²) in [6, 6.07) is 16.4. The Morgan fingerprint density at radius 3 is 2.34 bits per heavy atom. The van der Waals surface area contributed by atoms with Crippen LogP contribution in [0.5, 0.6) is 11.5 Å². The summed E-state index contributed by atoms with van der Waals surface area (Å²) in [5.74, 6) is -0.961. The molecule has 0 radical (unpaired) electrons. The second kappa shape index (κ2) is 11.9. The van der Waals surface area contributed by atoms with Gasteiger partial charge in [-0.05, 0) is 66.2 Å². The lowest BCUT2D eigenvalue weighted by Gasteiger charge is -2.12. The fourth-order valence-electron chi connectivity index (χ4n) is 2.85. The summed E-state index contributed by atoms with van der Waals surface area (Å²) >= 11 is 11.8. The SMILES string of the molecule is COc1cc(/C=C(\C#N)C(=O)Nc2ccc(F)cc2)ccc1OCC(=O)Nc1ccc(Cl)c(Cl)c1. The van der Waals surface area contributed by atoms with Crippen molar-refractivity contribution >= 4 is 52.5 Å². The number of hydrogen-bond donors (Lipinski definition) is 2. The van der Waals surface area contributed by atoms with E-state index in [0.29, 0.717) is 27.0 Å². The molecule has 0 heterocycles. The second-order valence-corrected chi connectivity index (χ2v) is 7.82. The van der Waals surface area contributed by atoms with Gasteiger partial charge in [-0.3, -0.25) is 9.59 Å². The Bertz CT molecular complexity index is 1320. The van der Waals surface area contributed by atoms with Crippen molar-refractivity contribution in [3.8, 4) is 17.6 Å². The molecule has 3 aromatic rings. The van der Waals surface area contributed by atoms with Crippen molar-refractivity contribution in [2.24, 2.45) is 0 Å². The number of benzene rings is 3. The molecule has 0 saturated heterocycles. The van der Waals surface area contributed by atoms with E-state index in [1.807, 2.05) is 6.07 Å². The van der Waals surface area contributed by atoms with Crippen molar-refractivity contribution in [2.45, 2.75) is 0 Å². The molecule has 2 N–H and O–H groups in total. The number of carbonyl (C=O) groups is 2. The number of nitrogens with one attached hydrogen (secondary N) is 2. The fraction of sp³-hybridized carbons (Fsp3) is 0.0800. The zero-order chi connectivity index (χ0) is 25.4. The highest BCUT2D eigenvalue weighted by Gasteiger charge is 2.13. The van der Waals surface area contributed by atoms with Crippen LogP contribution in [0.2, 0.25) is 10.0 Å². The van der Waals surface area contributed by atoms with E-state index in [9.17, 15) is 19.2 Å². The minimum atomic E-state index is -0.655. The summed E-state index contributed by atoms with van der Waals surface area (Å²) in [5.41, 5.74) is 1.12. The molecule has 0 atom stereocenters. The van der Waals surface area contributed by atoms with Gasteiger partial charge in [0.2, 0.25) is 0 Å². The number of methoxy groups -OCH3 is 1. The predicted octanol–water partition coefficient (Wildman–Crippen LogP) is 5.70. The van der Waals surface area contributed by atoms with Gasteiger partial charge in [0.05, 0.1) is 17.2 Å². The van der Waals surface area contributed by atoms with Crippen LogP contribution >= 0.6 is 23.2 Å². The average molecular weight is 514 g/mol. The molecule has 3 rings (SSSR count). The van der Waals surface area contributed by atoms with Crippen molar-refractivity contribution in [2.75, 3.05) is 24.4 Å². The Balaban J connectivity index is 1.67. The molecule has 0 aromatic heterocycles. The van der Waals surface area contributed by atoms with E-state index >= 15 is 0 Å². The molecule has 0 aliphatic heterocycles. The highest BCUT2D eigenvalue weighted by molar-refractivity contribution is 6.42. The first kappa shape index (κ1) is 25.6. The largest absolute Gasteiger partial charge is 0.493 e. The van der Waals surface area contributed by atoms with Gasteiger partial charge in [0, 0.05) is 11.4 Å². The summed E-state index contributed by atoms with van der Waals surface area (Å²) in [7, 11) is 1.41. The Hall–Kier alpha value is -4.06. The standard InChI is InChI=1S/C25H18Cl2FN3O4/c1-34-23-11-15(10-16(13-29)25(33)31-18-5-3-17(28)4-6-18)2-9-22(23)35-14-24(32)30-19-7-8-20(26)21(27)12-19/h2-12H,14H2,1H3,(H,30,32)(H,31,33)/b16-10+. The minimum absolute atomic E-state index is 0.175. The molecule has 35 heavy (non-hydrogen) atoms. The van der Waals surface area contributed by atoms with E-state index in [4.69, 9.17) is 32.7 Å². The van der Waals surface area contributed by atoms with Gasteiger partial charge in [-0.15, -0.1) is 0 Å². The molecule has 0 fully saturated rings. The van der Waals surface area contributed by atoms with Crippen molar-refractivity contribution in [1.29, 1.82) is 5.26 Å². The van der Waals surface area contributed by atoms with Crippen LogP contribution in [-0.2, 0) is 9.59 Å². The van der Waals surface area contributed by atoms with E-state index in [-0.39, 0.29) is 23.7 Å². The van der Waals surface area contributed by atoms with Gasteiger partial charge in [-0.1, -0.05) is 29.3 Å². The quantitative estimate of drug-likeness (QED) is 0.297. The molecule has 7 nitrogen and oxygen atoms in total. The maximum atomic E-state index is 13.0. The van der Waals surface area contributed by atoms with Gasteiger partial charge in [-0.25, -0.2) is 4.39 Å². The van der Waals surface area contributed by atoms with Crippen LogP contribution in [0.1, 0.15) is 5.56 Å². The van der Waals surface area contributed by atoms with Gasteiger partial charge in [-0.2, -0.15) is 5.26 Å². The van der Waals surface area contributed by atoms with Gasteiger partial charge in [0.1, 0.15) is 17.5 Å². The normalized spacial score (nSPS) is 10.8. The molecule has 0 bridgehead atoms. The smallest absolute Gasteiger partial charge is 0.266 e. The van der Waals surface area contributed by atoms with Gasteiger partial charge in [0.25, 0.3) is 11.8 Å². The number of rotatable bonds is 8. The molecule has 0 aliphatic carbocycles. The first-order valence-electron chi connectivity index (χ1n) is 10.0. The number of hydrogen-bond acceptors (Lipinski definition) is 5. The van der Waals surface area contributed by atoms with Crippen molar-refractivity contribution in [3.63, 3.8) is 0 Å². The molecule has 0 unspecified atom stereocenters. The third-order valence-electron chi connectivity index (χ3n) is 4.53. The first-order valence-corrected chi connectivity index (χ1v) is 10.8. The molecule has 0 spiro atoms. The van der Waals surface area contributed by atoms with Gasteiger partial charge < -0.3 is 20.1 Å². The van der Waals surface area contributed by atoms with E-state index in [1.54, 1.807) is 30.3 Å². The number of amides is 2. The molecular formula is C25H18Cl2FN3O4. The van der Waals surface area contributed by atoms with Crippen LogP contribution in [0, 0.1) is 17.1 Å². The number of nitriles is 1. The third-order valence-corrected chi connectivity index (χ3v) is 5.27. The zero-order valence-corrected chi connectivity index (χ0v) is 19.8. The highest BCUT2D eigenvalue weighted by Crippen LogP contribution is 2.29. The Morgan fingerprint density at radius 1 is 0.971 bits per heavy atom. The number of nitrogens with zero attached hydrogens (tertiary/aromatic N) is 1. The van der Waals surface area contributed by atoms with Gasteiger partial charge >= 0.3 is 0 Å². The third kappa shape index (κ3) is 7.21. The molecule has 178 valence electrons. The molecule has 3 aromatic carbocycles. The predicted molar refractivity (Wildman–Crippen MR) is 132 cm³/mol. The van der Waals surface area contributed by atoms with Crippen LogP contribution in [0.4, 0.5) is 15.8 Å². The average Bonchev–Trinajstić information content (AvgIpc) is 2.85. The van der Waals surface area contributed by atoms with E-state index in [1.165, 1.54) is 43.5 Å². The van der Waals surface area contributed by atoms with Crippen LogP contribution in [0.15, 0.2) is 66.2 Å². The molecule has 2 amide bonds. The molecule has 10 heteroatoms. The van der Waals surface area contributed by atoms with Crippen molar-refractivity contribution in [1.82, 2.24) is 0 Å². The lowest BCUT2D eigenvalue weighted by atomic mass is 10.1. The Kier molecular flexibility index (Phi) is 8.68. The van der Waals surface area contributed by atoms with Crippen LogP contribution < -0.4 is 20.1 Å². The molecule has 0 aliphatic rings. The summed E-state index contributed by atoms with van der Waals surface area (Å²) in [4.78, 5) is 24.6. The lowest BCUT2D eigenvalue weighted by Crippen LogP contribution is -2.20. The summed E-state index contributed by atoms with van der Waals surface area (Å²) < 4.78 is 23.9.